The molecule has 0 aliphatic carbocycles. The minimum atomic E-state index is -3.68. The van der Waals surface area contributed by atoms with Crippen molar-refractivity contribution in [2.45, 2.75) is 9.79 Å². The van der Waals surface area contributed by atoms with Crippen LogP contribution in [0, 0.1) is 0 Å². The average molecular weight is 324 g/mol. The van der Waals surface area contributed by atoms with Gasteiger partial charge in [0.15, 0.2) is 0 Å². The summed E-state index contributed by atoms with van der Waals surface area (Å²) in [6.45, 7) is 0. The first-order chi connectivity index (χ1) is 9.96. The van der Waals surface area contributed by atoms with Gasteiger partial charge in [-0.15, -0.1) is 11.8 Å². The van der Waals surface area contributed by atoms with E-state index in [1.165, 1.54) is 25.3 Å². The van der Waals surface area contributed by atoms with Gasteiger partial charge in [-0.1, -0.05) is 6.07 Å². The van der Waals surface area contributed by atoms with Crippen molar-refractivity contribution in [3.8, 4) is 5.75 Å². The molecule has 0 aromatic heterocycles. The maximum atomic E-state index is 12.3. The molecular weight excluding hydrogens is 308 g/mol. The minimum absolute atomic E-state index is 0.0929. The molecule has 0 aliphatic heterocycles. The molecule has 0 radical (unpaired) electrons. The zero-order valence-corrected chi connectivity index (χ0v) is 13.3. The molecule has 0 amide bonds. The fourth-order valence-corrected chi connectivity index (χ4v) is 3.32. The fourth-order valence-electron chi connectivity index (χ4n) is 1.78. The lowest BCUT2D eigenvalue weighted by atomic mass is 10.3. The molecule has 112 valence electrons. The third-order valence-corrected chi connectivity index (χ3v) is 4.94. The van der Waals surface area contributed by atoms with Gasteiger partial charge in [0.25, 0.3) is 10.0 Å². The van der Waals surface area contributed by atoms with Gasteiger partial charge in [0.1, 0.15) is 5.75 Å². The number of thioether (sulfide) groups is 1. The standard InChI is InChI=1S/C14H16N2O3S2/c1-19-14-7-6-12(9-13(14)15)21(17,18)16-10-4-3-5-11(8-10)20-2/h3-9,16H,15H2,1-2H3. The molecule has 21 heavy (non-hydrogen) atoms. The van der Waals surface area contributed by atoms with Crippen molar-refractivity contribution in [2.24, 2.45) is 0 Å². The highest BCUT2D eigenvalue weighted by Crippen LogP contribution is 2.26. The zero-order chi connectivity index (χ0) is 15.5. The molecule has 0 atom stereocenters. The van der Waals surface area contributed by atoms with Gasteiger partial charge in [0.05, 0.1) is 17.7 Å². The number of nitrogens with one attached hydrogen (secondary N) is 1. The SMILES string of the molecule is COc1ccc(S(=O)(=O)Nc2cccc(SC)c2)cc1N. The summed E-state index contributed by atoms with van der Waals surface area (Å²) in [5.74, 6) is 0.443. The summed E-state index contributed by atoms with van der Waals surface area (Å²) in [7, 11) is -2.20. The Morgan fingerprint density at radius 2 is 1.95 bits per heavy atom. The van der Waals surface area contributed by atoms with E-state index in [1.54, 1.807) is 30.0 Å². The van der Waals surface area contributed by atoms with Crippen LogP contribution in [0.2, 0.25) is 0 Å². The highest BCUT2D eigenvalue weighted by molar-refractivity contribution is 7.98. The summed E-state index contributed by atoms with van der Waals surface area (Å²) in [6, 6.07) is 11.5. The third kappa shape index (κ3) is 3.62. The van der Waals surface area contributed by atoms with Crippen LogP contribution >= 0.6 is 11.8 Å². The zero-order valence-electron chi connectivity index (χ0n) is 11.7. The second kappa shape index (κ2) is 6.28. The van der Waals surface area contributed by atoms with Crippen molar-refractivity contribution in [2.75, 3.05) is 23.8 Å². The normalized spacial score (nSPS) is 11.1. The van der Waals surface area contributed by atoms with Crippen LogP contribution in [0.5, 0.6) is 5.75 Å². The molecule has 0 unspecified atom stereocenters. The highest BCUT2D eigenvalue weighted by atomic mass is 32.2. The van der Waals surface area contributed by atoms with Crippen molar-refractivity contribution >= 4 is 33.2 Å². The van der Waals surface area contributed by atoms with Crippen LogP contribution < -0.4 is 15.2 Å². The lowest BCUT2D eigenvalue weighted by molar-refractivity contribution is 0.416. The van der Waals surface area contributed by atoms with Crippen LogP contribution in [-0.4, -0.2) is 21.8 Å². The molecule has 0 fully saturated rings. The van der Waals surface area contributed by atoms with Crippen LogP contribution in [0.3, 0.4) is 0 Å². The van der Waals surface area contributed by atoms with Gasteiger partial charge in [-0.25, -0.2) is 8.42 Å². The van der Waals surface area contributed by atoms with E-state index in [2.05, 4.69) is 4.72 Å². The molecule has 7 heteroatoms. The van der Waals surface area contributed by atoms with Gasteiger partial charge in [0.2, 0.25) is 0 Å². The topological polar surface area (TPSA) is 81.4 Å². The molecule has 0 spiro atoms. The number of benzene rings is 2. The number of nitrogen functional groups attached to an aromatic ring is 1. The average Bonchev–Trinajstić information content (AvgIpc) is 2.47. The van der Waals surface area contributed by atoms with Gasteiger partial charge in [-0.3, -0.25) is 4.72 Å². The molecule has 3 N–H and O–H groups in total. The van der Waals surface area contributed by atoms with Crippen molar-refractivity contribution in [3.63, 3.8) is 0 Å². The number of methoxy groups -OCH3 is 1. The number of anilines is 2. The molecule has 2 aromatic rings. The first-order valence-corrected chi connectivity index (χ1v) is 8.77. The maximum Gasteiger partial charge on any atom is 0.261 e. The summed E-state index contributed by atoms with van der Waals surface area (Å²) in [5, 5.41) is 0. The van der Waals surface area contributed by atoms with E-state index in [-0.39, 0.29) is 10.6 Å². The van der Waals surface area contributed by atoms with Crippen LogP contribution in [0.4, 0.5) is 11.4 Å². The maximum absolute atomic E-state index is 12.3. The smallest absolute Gasteiger partial charge is 0.261 e. The number of rotatable bonds is 5. The Labute approximate surface area is 128 Å². The van der Waals surface area contributed by atoms with Crippen LogP contribution in [0.25, 0.3) is 0 Å². The Bertz CT molecular complexity index is 746. The van der Waals surface area contributed by atoms with E-state index in [9.17, 15) is 8.42 Å². The number of sulfonamides is 1. The predicted molar refractivity (Wildman–Crippen MR) is 86.4 cm³/mol. The van der Waals surface area contributed by atoms with Crippen LogP contribution in [0.15, 0.2) is 52.3 Å². The minimum Gasteiger partial charge on any atom is -0.495 e. The van der Waals surface area contributed by atoms with Gasteiger partial charge in [0, 0.05) is 10.6 Å². The van der Waals surface area contributed by atoms with Crippen molar-refractivity contribution in [1.82, 2.24) is 0 Å². The summed E-state index contributed by atoms with van der Waals surface area (Å²) < 4.78 is 32.2. The Hall–Kier alpha value is -1.86. The second-order valence-corrected chi connectivity index (χ2v) is 6.80. The molecule has 2 rings (SSSR count). The molecule has 5 nitrogen and oxygen atoms in total. The quantitative estimate of drug-likeness (QED) is 0.653. The molecule has 0 heterocycles. The lowest BCUT2D eigenvalue weighted by Gasteiger charge is -2.11. The van der Waals surface area contributed by atoms with E-state index in [0.717, 1.165) is 4.90 Å². The van der Waals surface area contributed by atoms with Crippen molar-refractivity contribution < 1.29 is 13.2 Å². The number of hydrogen-bond acceptors (Lipinski definition) is 5. The third-order valence-electron chi connectivity index (χ3n) is 2.83. The Morgan fingerprint density at radius 3 is 2.57 bits per heavy atom. The van der Waals surface area contributed by atoms with Crippen molar-refractivity contribution in [1.29, 1.82) is 0 Å². The second-order valence-electron chi connectivity index (χ2n) is 4.24. The van der Waals surface area contributed by atoms with E-state index in [4.69, 9.17) is 10.5 Å². The largest absolute Gasteiger partial charge is 0.495 e. The first-order valence-electron chi connectivity index (χ1n) is 6.06. The molecular formula is C14H16N2O3S2. The summed E-state index contributed by atoms with van der Waals surface area (Å²) >= 11 is 1.54. The van der Waals surface area contributed by atoms with Crippen LogP contribution in [0.1, 0.15) is 0 Å². The molecule has 0 bridgehead atoms. The van der Waals surface area contributed by atoms with Gasteiger partial charge < -0.3 is 10.5 Å². The van der Waals surface area contributed by atoms with Crippen molar-refractivity contribution in [3.05, 3.63) is 42.5 Å². The van der Waals surface area contributed by atoms with E-state index >= 15 is 0 Å². The Kier molecular flexibility index (Phi) is 4.64. The summed E-state index contributed by atoms with van der Waals surface area (Å²) in [5.41, 5.74) is 6.53. The van der Waals surface area contributed by atoms with Gasteiger partial charge >= 0.3 is 0 Å². The van der Waals surface area contributed by atoms with E-state index in [1.807, 2.05) is 12.3 Å². The monoisotopic (exact) mass is 324 g/mol. The molecule has 2 aromatic carbocycles. The molecule has 0 saturated carbocycles. The predicted octanol–water partition coefficient (Wildman–Crippen LogP) is 2.80. The Balaban J connectivity index is 2.31. The summed E-state index contributed by atoms with van der Waals surface area (Å²) in [6.07, 6.45) is 1.93. The lowest BCUT2D eigenvalue weighted by Crippen LogP contribution is -2.13. The van der Waals surface area contributed by atoms with E-state index < -0.39 is 10.0 Å². The molecule has 0 saturated heterocycles. The van der Waals surface area contributed by atoms with Crippen LogP contribution in [-0.2, 0) is 10.0 Å². The number of nitrogens with two attached hydrogens (primary N) is 1. The first kappa shape index (κ1) is 15.5. The highest BCUT2D eigenvalue weighted by Gasteiger charge is 2.16. The number of ether oxygens (including phenoxy) is 1. The Morgan fingerprint density at radius 1 is 1.19 bits per heavy atom. The summed E-state index contributed by atoms with van der Waals surface area (Å²) in [4.78, 5) is 1.07. The van der Waals surface area contributed by atoms with Gasteiger partial charge in [-0.05, 0) is 42.7 Å². The fraction of sp³-hybridized carbons (Fsp3) is 0.143. The van der Waals surface area contributed by atoms with E-state index in [0.29, 0.717) is 11.4 Å². The van der Waals surface area contributed by atoms with Gasteiger partial charge in [-0.2, -0.15) is 0 Å². The molecule has 0 aliphatic rings. The number of hydrogen-bond donors (Lipinski definition) is 2.